The zero-order valence-corrected chi connectivity index (χ0v) is 16.8. The highest BCUT2D eigenvalue weighted by Gasteiger charge is 2.43. The van der Waals surface area contributed by atoms with Crippen LogP contribution in [-0.2, 0) is 4.79 Å². The van der Waals surface area contributed by atoms with Crippen molar-refractivity contribution in [3.05, 3.63) is 63.7 Å². The molecule has 0 unspecified atom stereocenters. The molecule has 0 bridgehead atoms. The molecule has 7 heteroatoms. The molecule has 0 aliphatic carbocycles. The Morgan fingerprint density at radius 3 is 2.71 bits per heavy atom. The molecule has 4 rings (SSSR count). The minimum Gasteiger partial charge on any atom is -0.308 e. The van der Waals surface area contributed by atoms with Gasteiger partial charge in [0.15, 0.2) is 0 Å². The van der Waals surface area contributed by atoms with E-state index < -0.39 is 4.92 Å². The molecule has 1 fully saturated rings. The zero-order valence-electron chi connectivity index (χ0n) is 16.0. The molecule has 146 valence electrons. The first-order valence-electron chi connectivity index (χ1n) is 9.42. The van der Waals surface area contributed by atoms with E-state index in [9.17, 15) is 14.9 Å². The number of aryl methyl sites for hydroxylation is 1. The van der Waals surface area contributed by atoms with E-state index >= 15 is 0 Å². The number of thioether (sulfide) groups is 1. The molecule has 2 aliphatic heterocycles. The number of hydrogen-bond acceptors (Lipinski definition) is 5. The summed E-state index contributed by atoms with van der Waals surface area (Å²) in [7, 11) is 2.14. The fourth-order valence-corrected chi connectivity index (χ4v) is 5.04. The van der Waals surface area contributed by atoms with Gasteiger partial charge in [-0.15, -0.1) is 11.8 Å². The molecular formula is C21H23N3O3S. The molecule has 0 spiro atoms. The van der Waals surface area contributed by atoms with Gasteiger partial charge in [0.2, 0.25) is 5.91 Å². The molecule has 2 heterocycles. The summed E-state index contributed by atoms with van der Waals surface area (Å²) in [6, 6.07) is 13.0. The molecule has 0 aromatic heterocycles. The van der Waals surface area contributed by atoms with Gasteiger partial charge in [0, 0.05) is 41.2 Å². The lowest BCUT2D eigenvalue weighted by Gasteiger charge is -2.36. The normalized spacial score (nSPS) is 21.3. The topological polar surface area (TPSA) is 66.7 Å². The van der Waals surface area contributed by atoms with Crippen molar-refractivity contribution in [3.8, 4) is 0 Å². The largest absolute Gasteiger partial charge is 0.308 e. The number of rotatable bonds is 4. The summed E-state index contributed by atoms with van der Waals surface area (Å²) < 4.78 is 0. The number of nitro benzene ring substituents is 1. The minimum atomic E-state index is -0.414. The number of carbonyl (C=O) groups excluding carboxylic acids is 1. The molecule has 0 saturated carbocycles. The molecule has 0 radical (unpaired) electrons. The highest BCUT2D eigenvalue weighted by atomic mass is 32.2. The summed E-state index contributed by atoms with van der Waals surface area (Å²) in [6.07, 6.45) is 0.975. The fourth-order valence-electron chi connectivity index (χ4n) is 4.28. The van der Waals surface area contributed by atoms with Gasteiger partial charge in [-0.25, -0.2) is 0 Å². The summed E-state index contributed by atoms with van der Waals surface area (Å²) >= 11 is 1.43. The van der Waals surface area contributed by atoms with E-state index in [0.29, 0.717) is 11.7 Å². The van der Waals surface area contributed by atoms with Gasteiger partial charge in [0.1, 0.15) is 0 Å². The van der Waals surface area contributed by atoms with Crippen LogP contribution in [0.4, 0.5) is 11.4 Å². The van der Waals surface area contributed by atoms with Crippen LogP contribution in [0.3, 0.4) is 0 Å². The van der Waals surface area contributed by atoms with Crippen LogP contribution in [-0.4, -0.2) is 47.7 Å². The van der Waals surface area contributed by atoms with Crippen molar-refractivity contribution >= 4 is 29.0 Å². The number of hydrogen-bond donors (Lipinski definition) is 0. The first-order valence-corrected chi connectivity index (χ1v) is 10.4. The minimum absolute atomic E-state index is 0.0636. The molecule has 6 nitrogen and oxygen atoms in total. The van der Waals surface area contributed by atoms with Crippen LogP contribution in [0.25, 0.3) is 0 Å². The molecule has 2 atom stereocenters. The SMILES string of the molecule is Cc1ccc2c(c1)[C@@H]1CN(C)CC[C@@H]1N2C(=O)CSc1ccc([N+](=O)[O-])cc1. The Labute approximate surface area is 168 Å². The highest BCUT2D eigenvalue weighted by molar-refractivity contribution is 8.00. The number of nitrogens with zero attached hydrogens (tertiary/aromatic N) is 3. The Balaban J connectivity index is 1.52. The molecule has 1 saturated heterocycles. The van der Waals surface area contributed by atoms with Gasteiger partial charge in [0.05, 0.1) is 10.7 Å². The first kappa shape index (κ1) is 19.0. The van der Waals surface area contributed by atoms with Gasteiger partial charge in [-0.2, -0.15) is 0 Å². The third kappa shape index (κ3) is 3.52. The second-order valence-electron chi connectivity index (χ2n) is 7.59. The van der Waals surface area contributed by atoms with Crippen molar-refractivity contribution in [2.75, 3.05) is 30.8 Å². The van der Waals surface area contributed by atoms with Crippen molar-refractivity contribution in [1.82, 2.24) is 4.90 Å². The fraction of sp³-hybridized carbons (Fsp3) is 0.381. The van der Waals surface area contributed by atoms with Gasteiger partial charge in [0.25, 0.3) is 5.69 Å². The van der Waals surface area contributed by atoms with Crippen molar-refractivity contribution in [2.45, 2.75) is 30.2 Å². The third-order valence-electron chi connectivity index (χ3n) is 5.63. The smallest absolute Gasteiger partial charge is 0.269 e. The predicted octanol–water partition coefficient (Wildman–Crippen LogP) is 3.83. The maximum Gasteiger partial charge on any atom is 0.269 e. The summed E-state index contributed by atoms with van der Waals surface area (Å²) in [6.45, 7) is 4.06. The number of amides is 1. The number of non-ortho nitro benzene ring substituents is 1. The van der Waals surface area contributed by atoms with E-state index in [1.165, 1.54) is 35.0 Å². The maximum absolute atomic E-state index is 13.2. The average Bonchev–Trinajstić information content (AvgIpc) is 2.99. The lowest BCUT2D eigenvalue weighted by Crippen LogP contribution is -2.47. The second kappa shape index (κ2) is 7.56. The quantitative estimate of drug-likeness (QED) is 0.446. The second-order valence-corrected chi connectivity index (χ2v) is 8.64. The molecule has 28 heavy (non-hydrogen) atoms. The number of anilines is 1. The van der Waals surface area contributed by atoms with Crippen LogP contribution in [0.5, 0.6) is 0 Å². The van der Waals surface area contributed by atoms with Crippen LogP contribution in [0.2, 0.25) is 0 Å². The maximum atomic E-state index is 13.2. The Morgan fingerprint density at radius 2 is 2.00 bits per heavy atom. The molecular weight excluding hydrogens is 374 g/mol. The summed E-state index contributed by atoms with van der Waals surface area (Å²) in [5.74, 6) is 0.789. The van der Waals surface area contributed by atoms with Crippen LogP contribution in [0.15, 0.2) is 47.4 Å². The van der Waals surface area contributed by atoms with E-state index in [0.717, 1.165) is 30.1 Å². The first-order chi connectivity index (χ1) is 13.4. The van der Waals surface area contributed by atoms with E-state index in [1.807, 2.05) is 4.90 Å². The molecule has 0 N–H and O–H groups in total. The number of likely N-dealkylation sites (tertiary alicyclic amines) is 1. The molecule has 1 amide bonds. The van der Waals surface area contributed by atoms with Crippen LogP contribution in [0.1, 0.15) is 23.5 Å². The molecule has 2 aromatic rings. The highest BCUT2D eigenvalue weighted by Crippen LogP contribution is 2.45. The van der Waals surface area contributed by atoms with Gasteiger partial charge < -0.3 is 9.80 Å². The predicted molar refractivity (Wildman–Crippen MR) is 111 cm³/mol. The lowest BCUT2D eigenvalue weighted by atomic mass is 9.89. The van der Waals surface area contributed by atoms with Crippen molar-refractivity contribution < 1.29 is 9.72 Å². The Kier molecular flexibility index (Phi) is 5.12. The summed E-state index contributed by atoms with van der Waals surface area (Å²) in [5, 5.41) is 10.8. The zero-order chi connectivity index (χ0) is 19.8. The Morgan fingerprint density at radius 1 is 1.25 bits per heavy atom. The number of fused-ring (bicyclic) bond motifs is 3. The third-order valence-corrected chi connectivity index (χ3v) is 6.63. The van der Waals surface area contributed by atoms with Crippen molar-refractivity contribution in [2.24, 2.45) is 0 Å². The summed E-state index contributed by atoms with van der Waals surface area (Å²) in [4.78, 5) is 28.7. The molecule has 2 aliphatic rings. The van der Waals surface area contributed by atoms with Crippen LogP contribution < -0.4 is 4.90 Å². The number of benzene rings is 2. The number of likely N-dealkylation sites (N-methyl/N-ethyl adjacent to an activating group) is 1. The monoisotopic (exact) mass is 397 g/mol. The van der Waals surface area contributed by atoms with E-state index in [1.54, 1.807) is 12.1 Å². The standard InChI is InChI=1S/C21H23N3O3S/c1-14-3-8-19-17(11-14)18-12-22(2)10-9-20(18)23(19)21(25)13-28-16-6-4-15(5-7-16)24(26)27/h3-8,11,18,20H,9-10,12-13H2,1-2H3/t18-,20-/m0/s1. The lowest BCUT2D eigenvalue weighted by molar-refractivity contribution is -0.384. The summed E-state index contributed by atoms with van der Waals surface area (Å²) in [5.41, 5.74) is 3.62. The number of nitro groups is 1. The van der Waals surface area contributed by atoms with Gasteiger partial charge >= 0.3 is 0 Å². The van der Waals surface area contributed by atoms with E-state index in [4.69, 9.17) is 0 Å². The van der Waals surface area contributed by atoms with Gasteiger partial charge in [-0.3, -0.25) is 14.9 Å². The Bertz CT molecular complexity index is 916. The van der Waals surface area contributed by atoms with Crippen molar-refractivity contribution in [1.29, 1.82) is 0 Å². The van der Waals surface area contributed by atoms with Gasteiger partial charge in [-0.1, -0.05) is 17.7 Å². The van der Waals surface area contributed by atoms with Crippen LogP contribution >= 0.6 is 11.8 Å². The number of carbonyl (C=O) groups is 1. The molecule has 2 aromatic carbocycles. The van der Waals surface area contributed by atoms with Crippen LogP contribution in [0, 0.1) is 17.0 Å². The van der Waals surface area contributed by atoms with E-state index in [2.05, 4.69) is 37.1 Å². The Hall–Kier alpha value is -2.38. The number of piperidine rings is 1. The van der Waals surface area contributed by atoms with E-state index in [-0.39, 0.29) is 17.6 Å². The average molecular weight is 398 g/mol. The van der Waals surface area contributed by atoms with Gasteiger partial charge in [-0.05, 0) is 50.7 Å². The van der Waals surface area contributed by atoms with Crippen molar-refractivity contribution in [3.63, 3.8) is 0 Å².